The largest absolute Gasteiger partial charge is 0.492 e. The molecule has 23 heavy (non-hydrogen) atoms. The highest BCUT2D eigenvalue weighted by Crippen LogP contribution is 2.56. The lowest BCUT2D eigenvalue weighted by atomic mass is 10.0. The van der Waals surface area contributed by atoms with Crippen LogP contribution in [0.15, 0.2) is 42.5 Å². The van der Waals surface area contributed by atoms with Gasteiger partial charge in [0.25, 0.3) is 0 Å². The second-order valence-corrected chi connectivity index (χ2v) is 5.82. The number of nitrogens with one attached hydrogen (secondary N) is 1. The molecule has 2 unspecified atom stereocenters. The Morgan fingerprint density at radius 3 is 2.35 bits per heavy atom. The van der Waals surface area contributed by atoms with Crippen LogP contribution in [0.2, 0.25) is 0 Å². The van der Waals surface area contributed by atoms with Crippen molar-refractivity contribution in [2.45, 2.75) is 24.8 Å². The molecular weight excluding hydrogens is 296 g/mol. The summed E-state index contributed by atoms with van der Waals surface area (Å²) in [7, 11) is 0. The lowest BCUT2D eigenvalue weighted by molar-refractivity contribution is 0.107. The third-order valence-corrected chi connectivity index (χ3v) is 4.44. The first kappa shape index (κ1) is 13.8. The molecule has 2 bridgehead atoms. The van der Waals surface area contributed by atoms with Crippen molar-refractivity contribution in [2.75, 3.05) is 0 Å². The molecule has 1 amide bonds. The van der Waals surface area contributed by atoms with Crippen LogP contribution in [0.1, 0.15) is 34.9 Å². The molecule has 6 heteroatoms. The van der Waals surface area contributed by atoms with Crippen LogP contribution in [-0.4, -0.2) is 21.0 Å². The molecule has 2 aliphatic rings. The second-order valence-electron chi connectivity index (χ2n) is 5.82. The molecule has 1 aromatic carbocycles. The Labute approximate surface area is 132 Å². The topological polar surface area (TPSA) is 83.7 Å². The van der Waals surface area contributed by atoms with Crippen LogP contribution in [0.4, 0.5) is 4.79 Å². The lowest BCUT2D eigenvalue weighted by Gasteiger charge is -2.10. The van der Waals surface area contributed by atoms with E-state index in [0.29, 0.717) is 17.7 Å². The average Bonchev–Trinajstić information content (AvgIpc) is 3.24. The fourth-order valence-electron chi connectivity index (χ4n) is 3.39. The van der Waals surface area contributed by atoms with Crippen molar-refractivity contribution in [1.29, 1.82) is 0 Å². The van der Waals surface area contributed by atoms with E-state index in [1.807, 2.05) is 42.5 Å². The number of hydrogen-bond donors (Lipinski definition) is 3. The van der Waals surface area contributed by atoms with Gasteiger partial charge < -0.3 is 20.4 Å². The van der Waals surface area contributed by atoms with Crippen LogP contribution in [-0.2, 0) is 6.54 Å². The van der Waals surface area contributed by atoms with Crippen LogP contribution >= 0.6 is 0 Å². The molecule has 4 rings (SSSR count). The van der Waals surface area contributed by atoms with E-state index in [-0.39, 0.29) is 23.6 Å². The number of amides is 1. The molecule has 2 atom stereocenters. The maximum Gasteiger partial charge on any atom is 0.432 e. The summed E-state index contributed by atoms with van der Waals surface area (Å²) in [5, 5.41) is 23.1. The summed E-state index contributed by atoms with van der Waals surface area (Å²) in [6.07, 6.45) is 4.12. The molecule has 0 fully saturated rings. The molecule has 118 valence electrons. The number of aromatic hydroxyl groups is 2. The zero-order valence-electron chi connectivity index (χ0n) is 12.3. The molecule has 0 radical (unpaired) electrons. The van der Waals surface area contributed by atoms with Crippen molar-refractivity contribution in [2.24, 2.45) is 0 Å². The zero-order chi connectivity index (χ0) is 16.0. The van der Waals surface area contributed by atoms with Gasteiger partial charge in [-0.2, -0.15) is 0 Å². The Bertz CT molecular complexity index is 759. The van der Waals surface area contributed by atoms with Gasteiger partial charge in [-0.1, -0.05) is 42.5 Å². The number of fused-ring (bicyclic) bond motifs is 5. The standard InChI is InChI=1S/C17H16N2O4/c20-15-13-11-6-7-12(8-11)14(13)16(21)19(15)23-17(22)18-9-10-4-2-1-3-5-10/h1-7,11-12,20-21H,8-9H2,(H,18,22). The Hall–Kier alpha value is -2.89. The minimum atomic E-state index is -0.742. The number of carbonyl (C=O) groups is 1. The van der Waals surface area contributed by atoms with Gasteiger partial charge in [-0.15, -0.1) is 4.73 Å². The maximum atomic E-state index is 11.9. The van der Waals surface area contributed by atoms with Gasteiger partial charge in [-0.3, -0.25) is 0 Å². The normalized spacial score (nSPS) is 20.5. The Morgan fingerprint density at radius 1 is 1.13 bits per heavy atom. The first-order chi connectivity index (χ1) is 11.1. The third kappa shape index (κ3) is 2.14. The highest BCUT2D eigenvalue weighted by Gasteiger charge is 2.42. The molecule has 3 N–H and O–H groups in total. The number of benzene rings is 1. The van der Waals surface area contributed by atoms with E-state index in [4.69, 9.17) is 4.84 Å². The van der Waals surface area contributed by atoms with Crippen molar-refractivity contribution in [1.82, 2.24) is 10.0 Å². The lowest BCUT2D eigenvalue weighted by Crippen LogP contribution is -2.31. The predicted octanol–water partition coefficient (Wildman–Crippen LogP) is 2.38. The van der Waals surface area contributed by atoms with E-state index in [0.717, 1.165) is 16.7 Å². The van der Waals surface area contributed by atoms with Gasteiger partial charge in [-0.25, -0.2) is 4.79 Å². The molecule has 2 aromatic rings. The molecule has 0 spiro atoms. The predicted molar refractivity (Wildman–Crippen MR) is 82.3 cm³/mol. The minimum absolute atomic E-state index is 0.0816. The van der Waals surface area contributed by atoms with Gasteiger partial charge in [0.1, 0.15) is 0 Å². The summed E-state index contributed by atoms with van der Waals surface area (Å²) >= 11 is 0. The fourth-order valence-corrected chi connectivity index (χ4v) is 3.39. The summed E-state index contributed by atoms with van der Waals surface area (Å²) in [5.74, 6) is -0.246. The van der Waals surface area contributed by atoms with Gasteiger partial charge in [-0.05, 0) is 12.0 Å². The molecular formula is C17H16N2O4. The second kappa shape index (κ2) is 5.08. The molecule has 2 aliphatic carbocycles. The van der Waals surface area contributed by atoms with Crippen LogP contribution in [0, 0.1) is 0 Å². The van der Waals surface area contributed by atoms with Crippen LogP contribution in [0.3, 0.4) is 0 Å². The SMILES string of the molecule is O=C(NCc1ccccc1)On1c(O)c2c(c1O)C1C=CC2C1. The molecule has 0 saturated heterocycles. The number of hydrogen-bond acceptors (Lipinski definition) is 4. The van der Waals surface area contributed by atoms with Crippen molar-refractivity contribution < 1.29 is 19.8 Å². The van der Waals surface area contributed by atoms with E-state index in [1.54, 1.807) is 0 Å². The number of rotatable bonds is 3. The highest BCUT2D eigenvalue weighted by atomic mass is 16.7. The molecule has 0 aliphatic heterocycles. The third-order valence-electron chi connectivity index (χ3n) is 4.44. The monoisotopic (exact) mass is 312 g/mol. The van der Waals surface area contributed by atoms with Gasteiger partial charge in [0, 0.05) is 29.5 Å². The summed E-state index contributed by atoms with van der Waals surface area (Å²) in [6, 6.07) is 9.39. The summed E-state index contributed by atoms with van der Waals surface area (Å²) in [5.41, 5.74) is 2.24. The summed E-state index contributed by atoms with van der Waals surface area (Å²) < 4.78 is 0.803. The molecule has 1 heterocycles. The van der Waals surface area contributed by atoms with Crippen molar-refractivity contribution >= 4 is 6.09 Å². The van der Waals surface area contributed by atoms with Crippen LogP contribution in [0.25, 0.3) is 0 Å². The van der Waals surface area contributed by atoms with E-state index >= 15 is 0 Å². The fraction of sp³-hybridized carbons (Fsp3) is 0.235. The Kier molecular flexibility index (Phi) is 3.04. The minimum Gasteiger partial charge on any atom is -0.492 e. The quantitative estimate of drug-likeness (QED) is 0.760. The summed E-state index contributed by atoms with van der Waals surface area (Å²) in [4.78, 5) is 17.0. The number of allylic oxidation sites excluding steroid dienone is 2. The zero-order valence-corrected chi connectivity index (χ0v) is 12.3. The van der Waals surface area contributed by atoms with Crippen LogP contribution in [0.5, 0.6) is 11.8 Å². The van der Waals surface area contributed by atoms with Crippen molar-refractivity contribution in [3.63, 3.8) is 0 Å². The maximum absolute atomic E-state index is 11.9. The van der Waals surface area contributed by atoms with Crippen molar-refractivity contribution in [3.8, 4) is 11.8 Å². The van der Waals surface area contributed by atoms with E-state index in [2.05, 4.69) is 5.32 Å². The van der Waals surface area contributed by atoms with Gasteiger partial charge in [0.2, 0.25) is 11.8 Å². The number of carbonyl (C=O) groups excluding carboxylic acids is 1. The summed E-state index contributed by atoms with van der Waals surface area (Å²) in [6.45, 7) is 0.301. The number of aromatic nitrogens is 1. The molecule has 1 aromatic heterocycles. The first-order valence-electron chi connectivity index (χ1n) is 7.50. The van der Waals surface area contributed by atoms with Gasteiger partial charge >= 0.3 is 6.09 Å². The van der Waals surface area contributed by atoms with Gasteiger partial charge in [0.15, 0.2) is 0 Å². The van der Waals surface area contributed by atoms with Crippen molar-refractivity contribution in [3.05, 3.63) is 59.2 Å². The molecule has 6 nitrogen and oxygen atoms in total. The first-order valence-corrected chi connectivity index (χ1v) is 7.50. The highest BCUT2D eigenvalue weighted by molar-refractivity contribution is 5.68. The number of nitrogens with zero attached hydrogens (tertiary/aromatic N) is 1. The Morgan fingerprint density at radius 2 is 1.74 bits per heavy atom. The van der Waals surface area contributed by atoms with Gasteiger partial charge in [0.05, 0.1) is 0 Å². The van der Waals surface area contributed by atoms with E-state index in [9.17, 15) is 15.0 Å². The van der Waals surface area contributed by atoms with E-state index in [1.165, 1.54) is 0 Å². The van der Waals surface area contributed by atoms with Crippen LogP contribution < -0.4 is 10.2 Å². The molecule has 0 saturated carbocycles. The smallest absolute Gasteiger partial charge is 0.432 e. The average molecular weight is 312 g/mol. The Balaban J connectivity index is 1.49. The van der Waals surface area contributed by atoms with E-state index < -0.39 is 6.09 Å².